The summed E-state index contributed by atoms with van der Waals surface area (Å²) < 4.78 is 78.1. The predicted octanol–water partition coefficient (Wildman–Crippen LogP) is 2.00. The summed E-state index contributed by atoms with van der Waals surface area (Å²) in [6.07, 6.45) is -4.37. The molecule has 3 fully saturated rings. The molecule has 0 aromatic heterocycles. The van der Waals surface area contributed by atoms with Gasteiger partial charge >= 0.3 is 0 Å². The van der Waals surface area contributed by atoms with E-state index in [0.29, 0.717) is 19.8 Å². The molecule has 12 atom stereocenters. The van der Waals surface area contributed by atoms with Gasteiger partial charge in [0.05, 0.1) is 38.1 Å². The minimum Gasteiger partial charge on any atom is -0.382 e. The largest absolute Gasteiger partial charge is 0.382 e. The third-order valence-electron chi connectivity index (χ3n) is 6.66. The quantitative estimate of drug-likeness (QED) is 0.405. The zero-order valence-electron chi connectivity index (χ0n) is 23.9. The standard InChI is InChI=1S/C9H18O4.2C8H15FO3/c1-6-8(11-3)9(12-4)7(13-6)5-10-2;2*1-5-7(9)8(11-3)6(12-5)4-10-2/h6-9H,5H2,1-4H3;2*5-8H,4H2,1-3H3/t6-,7+,8+,9?;5-,6+,7+,8?;5-,6+,7-,8?/m000/s1. The van der Waals surface area contributed by atoms with Crippen molar-refractivity contribution >= 4 is 0 Å². The van der Waals surface area contributed by atoms with E-state index in [1.165, 1.54) is 14.2 Å². The van der Waals surface area contributed by atoms with Crippen molar-refractivity contribution in [2.75, 3.05) is 69.6 Å². The van der Waals surface area contributed by atoms with E-state index < -0.39 is 36.8 Å². The Labute approximate surface area is 220 Å². The van der Waals surface area contributed by atoms with E-state index in [9.17, 15) is 8.78 Å². The van der Waals surface area contributed by atoms with E-state index in [1.54, 1.807) is 49.4 Å². The molecule has 3 rings (SSSR count). The second-order valence-electron chi connectivity index (χ2n) is 9.20. The highest BCUT2D eigenvalue weighted by Crippen LogP contribution is 2.27. The fraction of sp³-hybridized carbons (Fsp3) is 1.00. The Hall–Kier alpha value is -0.540. The highest BCUT2D eigenvalue weighted by atomic mass is 19.1. The van der Waals surface area contributed by atoms with Gasteiger partial charge in [-0.05, 0) is 20.8 Å². The molecule has 3 aliphatic heterocycles. The lowest BCUT2D eigenvalue weighted by Crippen LogP contribution is -2.37. The zero-order chi connectivity index (χ0) is 28.1. The summed E-state index contributed by atoms with van der Waals surface area (Å²) in [6, 6.07) is 0. The molecule has 3 aliphatic rings. The Balaban J connectivity index is 0.000000278. The molecule has 0 aromatic carbocycles. The lowest BCUT2D eigenvalue weighted by molar-refractivity contribution is -0.0471. The van der Waals surface area contributed by atoms with Crippen LogP contribution in [0.4, 0.5) is 8.78 Å². The molecule has 0 bridgehead atoms. The lowest BCUT2D eigenvalue weighted by atomic mass is 10.1. The fourth-order valence-electron chi connectivity index (χ4n) is 4.78. The van der Waals surface area contributed by atoms with Crippen LogP contribution >= 0.6 is 0 Å². The van der Waals surface area contributed by atoms with Gasteiger partial charge in [0.15, 0.2) is 12.3 Å². The Morgan fingerprint density at radius 1 is 0.459 bits per heavy atom. The van der Waals surface area contributed by atoms with Crippen LogP contribution in [0.3, 0.4) is 0 Å². The van der Waals surface area contributed by atoms with Crippen LogP contribution in [0.15, 0.2) is 0 Å². The number of hydrogen-bond donors (Lipinski definition) is 0. The third kappa shape index (κ3) is 9.55. The van der Waals surface area contributed by atoms with E-state index in [0.717, 1.165) is 0 Å². The molecule has 0 N–H and O–H groups in total. The maximum Gasteiger partial charge on any atom is 0.154 e. The third-order valence-corrected chi connectivity index (χ3v) is 6.66. The van der Waals surface area contributed by atoms with Crippen molar-refractivity contribution in [1.29, 1.82) is 0 Å². The number of hydrogen-bond acceptors (Lipinski definition) is 10. The summed E-state index contributed by atoms with van der Waals surface area (Å²) in [5, 5.41) is 0. The lowest BCUT2D eigenvalue weighted by Gasteiger charge is -2.20. The van der Waals surface area contributed by atoms with Gasteiger partial charge in [-0.1, -0.05) is 0 Å². The Morgan fingerprint density at radius 2 is 0.757 bits per heavy atom. The van der Waals surface area contributed by atoms with Gasteiger partial charge in [-0.15, -0.1) is 0 Å². The van der Waals surface area contributed by atoms with Gasteiger partial charge in [-0.2, -0.15) is 0 Å². The van der Waals surface area contributed by atoms with Crippen molar-refractivity contribution in [1.82, 2.24) is 0 Å². The van der Waals surface area contributed by atoms with Crippen LogP contribution in [0.25, 0.3) is 0 Å². The molecule has 0 radical (unpaired) electrons. The Kier molecular flexibility index (Phi) is 16.7. The highest BCUT2D eigenvalue weighted by Gasteiger charge is 2.44. The maximum atomic E-state index is 13.2. The number of halogens is 2. The molecule has 3 saturated heterocycles. The SMILES string of the molecule is COC[C@H]1O[C@@H](C)[C@@H](F)C1OC.COC[C@H]1O[C@@H](C)[C@@H](OC)C1OC.COC[C@H]1O[C@@H](C)[C@H](F)C1OC. The van der Waals surface area contributed by atoms with Crippen molar-refractivity contribution in [3.63, 3.8) is 0 Å². The predicted molar refractivity (Wildman–Crippen MR) is 132 cm³/mol. The first kappa shape index (κ1) is 34.5. The molecule has 222 valence electrons. The summed E-state index contributed by atoms with van der Waals surface area (Å²) in [4.78, 5) is 0. The number of alkyl halides is 2. The van der Waals surface area contributed by atoms with Crippen molar-refractivity contribution < 1.29 is 56.1 Å². The van der Waals surface area contributed by atoms with E-state index >= 15 is 0 Å². The topological polar surface area (TPSA) is 92.3 Å². The molecular formula is C25H48F2O10. The van der Waals surface area contributed by atoms with Crippen molar-refractivity contribution in [3.05, 3.63) is 0 Å². The molecule has 37 heavy (non-hydrogen) atoms. The second kappa shape index (κ2) is 17.9. The van der Waals surface area contributed by atoms with Crippen LogP contribution in [-0.2, 0) is 47.4 Å². The van der Waals surface area contributed by atoms with Crippen LogP contribution in [0.2, 0.25) is 0 Å². The van der Waals surface area contributed by atoms with E-state index in [1.807, 2.05) is 6.92 Å². The summed E-state index contributed by atoms with van der Waals surface area (Å²) in [5.41, 5.74) is 0. The van der Waals surface area contributed by atoms with E-state index in [-0.39, 0.29) is 36.6 Å². The van der Waals surface area contributed by atoms with Crippen LogP contribution in [0, 0.1) is 0 Å². The first-order valence-corrected chi connectivity index (χ1v) is 12.5. The fourth-order valence-corrected chi connectivity index (χ4v) is 4.78. The second-order valence-corrected chi connectivity index (χ2v) is 9.20. The summed E-state index contributed by atoms with van der Waals surface area (Å²) in [5.74, 6) is 0. The first-order chi connectivity index (χ1) is 17.6. The van der Waals surface area contributed by atoms with Crippen LogP contribution in [0.5, 0.6) is 0 Å². The van der Waals surface area contributed by atoms with Gasteiger partial charge < -0.3 is 47.4 Å². The van der Waals surface area contributed by atoms with Crippen molar-refractivity contribution in [2.45, 2.75) is 94.2 Å². The zero-order valence-corrected chi connectivity index (χ0v) is 23.9. The molecule has 0 spiro atoms. The molecule has 0 saturated carbocycles. The Morgan fingerprint density at radius 3 is 1.05 bits per heavy atom. The van der Waals surface area contributed by atoms with Crippen LogP contribution < -0.4 is 0 Å². The van der Waals surface area contributed by atoms with Crippen molar-refractivity contribution in [2.24, 2.45) is 0 Å². The molecule has 3 heterocycles. The summed E-state index contributed by atoms with van der Waals surface area (Å²) >= 11 is 0. The van der Waals surface area contributed by atoms with E-state index in [2.05, 4.69) is 0 Å². The van der Waals surface area contributed by atoms with Gasteiger partial charge in [0, 0.05) is 49.8 Å². The molecule has 10 nitrogen and oxygen atoms in total. The van der Waals surface area contributed by atoms with Crippen molar-refractivity contribution in [3.8, 4) is 0 Å². The number of ether oxygens (including phenoxy) is 10. The monoisotopic (exact) mass is 546 g/mol. The minimum absolute atomic E-state index is 0.00477. The minimum atomic E-state index is -1.05. The maximum absolute atomic E-state index is 13.2. The molecule has 3 unspecified atom stereocenters. The Bertz CT molecular complexity index is 560. The first-order valence-electron chi connectivity index (χ1n) is 12.5. The average molecular weight is 547 g/mol. The molecule has 0 aromatic rings. The van der Waals surface area contributed by atoms with Gasteiger partial charge in [0.2, 0.25) is 0 Å². The smallest absolute Gasteiger partial charge is 0.154 e. The van der Waals surface area contributed by atoms with Crippen LogP contribution in [-0.4, -0.2) is 143 Å². The highest BCUT2D eigenvalue weighted by molar-refractivity contribution is 4.91. The average Bonchev–Trinajstić information content (AvgIpc) is 3.44. The molecular weight excluding hydrogens is 498 g/mol. The molecule has 0 aliphatic carbocycles. The van der Waals surface area contributed by atoms with Gasteiger partial charge in [0.25, 0.3) is 0 Å². The van der Waals surface area contributed by atoms with Gasteiger partial charge in [0.1, 0.15) is 42.7 Å². The summed E-state index contributed by atoms with van der Waals surface area (Å²) in [7, 11) is 11.1. The van der Waals surface area contributed by atoms with Crippen LogP contribution in [0.1, 0.15) is 20.8 Å². The molecule has 0 amide bonds. The normalized spacial score (nSPS) is 41.2. The van der Waals surface area contributed by atoms with Gasteiger partial charge in [-0.25, -0.2) is 8.78 Å². The van der Waals surface area contributed by atoms with E-state index in [4.69, 9.17) is 47.4 Å². The number of methoxy groups -OCH3 is 7. The molecule has 12 heteroatoms. The number of rotatable bonds is 10. The summed E-state index contributed by atoms with van der Waals surface area (Å²) in [6.45, 7) is 6.68. The van der Waals surface area contributed by atoms with Gasteiger partial charge in [-0.3, -0.25) is 0 Å².